The molecule has 0 saturated heterocycles. The van der Waals surface area contributed by atoms with Gasteiger partial charge in [0.05, 0.1) is 0 Å². The first-order chi connectivity index (χ1) is 13.6. The van der Waals surface area contributed by atoms with E-state index in [1.54, 1.807) is 19.1 Å². The molecule has 0 heterocycles. The summed E-state index contributed by atoms with van der Waals surface area (Å²) in [6.07, 6.45) is 0. The van der Waals surface area contributed by atoms with E-state index < -0.39 is 23.3 Å². The van der Waals surface area contributed by atoms with E-state index in [1.807, 2.05) is 52.0 Å². The Kier molecular flexibility index (Phi) is 7.37. The summed E-state index contributed by atoms with van der Waals surface area (Å²) >= 11 is 0. The molecule has 0 fully saturated rings. The van der Waals surface area contributed by atoms with Crippen molar-refractivity contribution in [2.75, 3.05) is 6.61 Å². The van der Waals surface area contributed by atoms with E-state index in [-0.39, 0.29) is 24.8 Å². The van der Waals surface area contributed by atoms with Crippen LogP contribution in [0.3, 0.4) is 0 Å². The van der Waals surface area contributed by atoms with Crippen LogP contribution >= 0.6 is 0 Å². The average Bonchev–Trinajstić information content (AvgIpc) is 2.63. The monoisotopic (exact) mass is 400 g/mol. The number of para-hydroxylation sites is 1. The van der Waals surface area contributed by atoms with Crippen LogP contribution in [0.5, 0.6) is 5.75 Å². The van der Waals surface area contributed by atoms with Gasteiger partial charge in [0.25, 0.3) is 5.91 Å². The molecule has 2 aromatic rings. The largest absolute Gasteiger partial charge is 0.481 e. The van der Waals surface area contributed by atoms with E-state index in [1.165, 1.54) is 17.0 Å². The maximum absolute atomic E-state index is 13.8. The highest BCUT2D eigenvalue weighted by molar-refractivity contribution is 5.88. The van der Waals surface area contributed by atoms with Gasteiger partial charge in [-0.05, 0) is 52.3 Å². The fraction of sp³-hybridized carbons (Fsp3) is 0.391. The van der Waals surface area contributed by atoms with E-state index in [0.717, 1.165) is 11.1 Å². The third-order valence-electron chi connectivity index (χ3n) is 4.29. The number of carbonyl (C=O) groups is 2. The van der Waals surface area contributed by atoms with Crippen LogP contribution in [0.1, 0.15) is 38.8 Å². The zero-order chi connectivity index (χ0) is 21.6. The summed E-state index contributed by atoms with van der Waals surface area (Å²) in [4.78, 5) is 27.1. The minimum atomic E-state index is -0.716. The molecular formula is C23H29FN2O3. The summed E-state index contributed by atoms with van der Waals surface area (Å²) in [6, 6.07) is 12.9. The average molecular weight is 400 g/mol. The number of ether oxygens (including phenoxy) is 1. The van der Waals surface area contributed by atoms with Crippen molar-refractivity contribution >= 4 is 11.8 Å². The molecule has 0 aliphatic heterocycles. The number of aryl methyl sites for hydroxylation is 1. The lowest BCUT2D eigenvalue weighted by molar-refractivity contribution is -0.142. The van der Waals surface area contributed by atoms with Crippen molar-refractivity contribution in [3.05, 3.63) is 65.5 Å². The highest BCUT2D eigenvalue weighted by Crippen LogP contribution is 2.17. The number of rotatable bonds is 7. The molecule has 156 valence electrons. The zero-order valence-corrected chi connectivity index (χ0v) is 17.7. The maximum Gasteiger partial charge on any atom is 0.261 e. The van der Waals surface area contributed by atoms with Gasteiger partial charge in [0.2, 0.25) is 5.91 Å². The number of nitrogens with zero attached hydrogens (tertiary/aromatic N) is 1. The first kappa shape index (κ1) is 22.4. The molecule has 1 atom stereocenters. The second-order valence-electron chi connectivity index (χ2n) is 8.15. The van der Waals surface area contributed by atoms with Crippen molar-refractivity contribution in [2.45, 2.75) is 52.7 Å². The van der Waals surface area contributed by atoms with Crippen LogP contribution in [0, 0.1) is 12.7 Å². The van der Waals surface area contributed by atoms with E-state index in [0.29, 0.717) is 0 Å². The SMILES string of the molecule is Cc1cccc(CN(C(=O)COc2ccccc2F)[C@@H](C)C(=O)NC(C)(C)C)c1. The fourth-order valence-corrected chi connectivity index (χ4v) is 2.85. The fourth-order valence-electron chi connectivity index (χ4n) is 2.85. The van der Waals surface area contributed by atoms with E-state index in [9.17, 15) is 14.0 Å². The van der Waals surface area contributed by atoms with Crippen molar-refractivity contribution in [3.63, 3.8) is 0 Å². The molecule has 0 aliphatic carbocycles. The Morgan fingerprint density at radius 2 is 1.83 bits per heavy atom. The maximum atomic E-state index is 13.8. The molecule has 0 bridgehead atoms. The number of halogens is 1. The molecule has 0 saturated carbocycles. The normalized spacial score (nSPS) is 12.2. The predicted octanol–water partition coefficient (Wildman–Crippen LogP) is 3.84. The van der Waals surface area contributed by atoms with Crippen LogP contribution < -0.4 is 10.1 Å². The molecule has 6 heteroatoms. The van der Waals surface area contributed by atoms with E-state index >= 15 is 0 Å². The standard InChI is InChI=1S/C23H29FN2O3/c1-16-9-8-10-18(13-16)14-26(17(2)22(28)25-23(3,4)5)21(27)15-29-20-12-7-6-11-19(20)24/h6-13,17H,14-15H2,1-5H3,(H,25,28)/t17-/m0/s1. The molecule has 2 rings (SSSR count). The number of benzene rings is 2. The smallest absolute Gasteiger partial charge is 0.261 e. The molecule has 5 nitrogen and oxygen atoms in total. The van der Waals surface area contributed by atoms with Crippen LogP contribution in [0.25, 0.3) is 0 Å². The summed E-state index contributed by atoms with van der Waals surface area (Å²) in [7, 11) is 0. The second kappa shape index (κ2) is 9.54. The quantitative estimate of drug-likeness (QED) is 0.768. The van der Waals surface area contributed by atoms with Crippen molar-refractivity contribution in [1.29, 1.82) is 0 Å². The molecule has 0 aliphatic rings. The highest BCUT2D eigenvalue weighted by atomic mass is 19.1. The van der Waals surface area contributed by atoms with Crippen molar-refractivity contribution in [1.82, 2.24) is 10.2 Å². The number of carbonyl (C=O) groups excluding carboxylic acids is 2. The van der Waals surface area contributed by atoms with Gasteiger partial charge >= 0.3 is 0 Å². The van der Waals surface area contributed by atoms with Crippen molar-refractivity contribution < 1.29 is 18.7 Å². The van der Waals surface area contributed by atoms with Gasteiger partial charge in [-0.2, -0.15) is 0 Å². The Labute approximate surface area is 171 Å². The lowest BCUT2D eigenvalue weighted by Gasteiger charge is -2.31. The van der Waals surface area contributed by atoms with Crippen LogP contribution in [0.15, 0.2) is 48.5 Å². The summed E-state index contributed by atoms with van der Waals surface area (Å²) in [5, 5.41) is 2.90. The summed E-state index contributed by atoms with van der Waals surface area (Å²) < 4.78 is 19.2. The van der Waals surface area contributed by atoms with Gasteiger partial charge in [-0.25, -0.2) is 4.39 Å². The van der Waals surface area contributed by atoms with Gasteiger partial charge in [0, 0.05) is 12.1 Å². The van der Waals surface area contributed by atoms with Gasteiger partial charge in [0.1, 0.15) is 6.04 Å². The second-order valence-corrected chi connectivity index (χ2v) is 8.15. The molecule has 0 unspecified atom stereocenters. The third kappa shape index (κ3) is 6.89. The van der Waals surface area contributed by atoms with Gasteiger partial charge < -0.3 is 15.0 Å². The molecule has 0 aromatic heterocycles. The first-order valence-electron chi connectivity index (χ1n) is 9.61. The Bertz CT molecular complexity index is 861. The molecule has 1 N–H and O–H groups in total. The summed E-state index contributed by atoms with van der Waals surface area (Å²) in [5.41, 5.74) is 1.54. The van der Waals surface area contributed by atoms with Gasteiger partial charge in [-0.1, -0.05) is 42.0 Å². The van der Waals surface area contributed by atoms with Crippen LogP contribution in [0.4, 0.5) is 4.39 Å². The Morgan fingerprint density at radius 3 is 2.45 bits per heavy atom. The van der Waals surface area contributed by atoms with E-state index in [4.69, 9.17) is 4.74 Å². The Morgan fingerprint density at radius 1 is 1.14 bits per heavy atom. The number of nitrogens with one attached hydrogen (secondary N) is 1. The highest BCUT2D eigenvalue weighted by Gasteiger charge is 2.28. The minimum Gasteiger partial charge on any atom is -0.481 e. The topological polar surface area (TPSA) is 58.6 Å². The number of amides is 2. The first-order valence-corrected chi connectivity index (χ1v) is 9.61. The van der Waals surface area contributed by atoms with Crippen LogP contribution in [0.2, 0.25) is 0 Å². The van der Waals surface area contributed by atoms with Gasteiger partial charge in [-0.15, -0.1) is 0 Å². The van der Waals surface area contributed by atoms with Gasteiger partial charge in [-0.3, -0.25) is 9.59 Å². The lowest BCUT2D eigenvalue weighted by Crippen LogP contribution is -2.53. The van der Waals surface area contributed by atoms with E-state index in [2.05, 4.69) is 5.32 Å². The van der Waals surface area contributed by atoms with Gasteiger partial charge in [0.15, 0.2) is 18.2 Å². The van der Waals surface area contributed by atoms with Crippen LogP contribution in [-0.2, 0) is 16.1 Å². The molecule has 29 heavy (non-hydrogen) atoms. The van der Waals surface area contributed by atoms with Crippen LogP contribution in [-0.4, -0.2) is 34.9 Å². The predicted molar refractivity (Wildman–Crippen MR) is 111 cm³/mol. The summed E-state index contributed by atoms with van der Waals surface area (Å²) in [6.45, 7) is 9.17. The zero-order valence-electron chi connectivity index (χ0n) is 17.7. The van der Waals surface area contributed by atoms with Crippen molar-refractivity contribution in [3.8, 4) is 5.75 Å². The lowest BCUT2D eigenvalue weighted by atomic mass is 10.1. The molecule has 0 spiro atoms. The van der Waals surface area contributed by atoms with Crippen molar-refractivity contribution in [2.24, 2.45) is 0 Å². The minimum absolute atomic E-state index is 0.00292. The Hall–Kier alpha value is -2.89. The number of hydrogen-bond donors (Lipinski definition) is 1. The summed E-state index contributed by atoms with van der Waals surface area (Å²) in [5.74, 6) is -1.19. The third-order valence-corrected chi connectivity index (χ3v) is 4.29. The number of hydrogen-bond acceptors (Lipinski definition) is 3. The molecule has 0 radical (unpaired) electrons. The molecule has 2 aromatic carbocycles. The Balaban J connectivity index is 2.19. The molecular weight excluding hydrogens is 371 g/mol. The molecule has 2 amide bonds.